The van der Waals surface area contributed by atoms with Crippen molar-refractivity contribution >= 4 is 33.4 Å². The summed E-state index contributed by atoms with van der Waals surface area (Å²) in [7, 11) is 0. The number of benzene rings is 1. The Balaban J connectivity index is 2.05. The van der Waals surface area contributed by atoms with Crippen LogP contribution in [0.3, 0.4) is 0 Å². The Bertz CT molecular complexity index is 474. The third-order valence-electron chi connectivity index (χ3n) is 2.06. The van der Waals surface area contributed by atoms with Crippen LogP contribution in [-0.4, -0.2) is 4.98 Å². The van der Waals surface area contributed by atoms with Crippen LogP contribution < -0.4 is 5.73 Å². The van der Waals surface area contributed by atoms with Crippen molar-refractivity contribution in [2.45, 2.75) is 10.8 Å². The second kappa shape index (κ2) is 5.37. The van der Waals surface area contributed by atoms with E-state index >= 15 is 0 Å². The predicted octanol–water partition coefficient (Wildman–Crippen LogP) is 3.72. The van der Waals surface area contributed by atoms with Gasteiger partial charge >= 0.3 is 0 Å². The second-order valence-corrected chi connectivity index (χ2v) is 5.20. The maximum absolute atomic E-state index is 5.87. The maximum Gasteiger partial charge on any atom is 0.119 e. The number of rotatable bonds is 3. The molecular formula is C12H11BrN2S. The molecule has 2 aromatic rings. The van der Waals surface area contributed by atoms with Crippen LogP contribution in [0.2, 0.25) is 0 Å². The van der Waals surface area contributed by atoms with E-state index in [2.05, 4.69) is 33.0 Å². The second-order valence-electron chi connectivity index (χ2n) is 3.32. The first kappa shape index (κ1) is 11.5. The molecule has 0 aliphatic carbocycles. The van der Waals surface area contributed by atoms with E-state index in [1.54, 1.807) is 18.0 Å². The number of thioether (sulfide) groups is 1. The molecule has 1 aromatic carbocycles. The first-order valence-corrected chi connectivity index (χ1v) is 6.61. The first-order chi connectivity index (χ1) is 7.75. The van der Waals surface area contributed by atoms with E-state index in [4.69, 9.17) is 5.73 Å². The van der Waals surface area contributed by atoms with E-state index in [0.717, 1.165) is 20.9 Å². The Morgan fingerprint density at radius 2 is 2.00 bits per heavy atom. The van der Waals surface area contributed by atoms with Crippen molar-refractivity contribution in [3.63, 3.8) is 0 Å². The van der Waals surface area contributed by atoms with Crippen molar-refractivity contribution in [3.8, 4) is 0 Å². The highest BCUT2D eigenvalue weighted by Crippen LogP contribution is 2.27. The normalized spacial score (nSPS) is 10.3. The number of nitrogens with zero attached hydrogens (tertiary/aromatic N) is 1. The molecule has 0 bridgehead atoms. The van der Waals surface area contributed by atoms with Gasteiger partial charge in [0.05, 0.1) is 5.69 Å². The predicted molar refractivity (Wildman–Crippen MR) is 72.4 cm³/mol. The van der Waals surface area contributed by atoms with Gasteiger partial charge in [-0.2, -0.15) is 0 Å². The van der Waals surface area contributed by atoms with Crippen LogP contribution in [0.15, 0.2) is 52.1 Å². The first-order valence-electron chi connectivity index (χ1n) is 4.83. The van der Waals surface area contributed by atoms with E-state index in [9.17, 15) is 0 Å². The molecule has 2 rings (SSSR count). The standard InChI is InChI=1S/C12H11BrN2S/c13-10-6-11(14)12(15-7-10)16-8-9-4-2-1-3-5-9/h1-7H,8,14H2. The third-order valence-corrected chi connectivity index (χ3v) is 3.59. The van der Waals surface area contributed by atoms with Crippen molar-refractivity contribution < 1.29 is 0 Å². The van der Waals surface area contributed by atoms with Gasteiger partial charge in [0.2, 0.25) is 0 Å². The van der Waals surface area contributed by atoms with Crippen LogP contribution in [0.25, 0.3) is 0 Å². The molecule has 0 aliphatic rings. The Morgan fingerprint density at radius 1 is 1.25 bits per heavy atom. The molecule has 82 valence electrons. The molecule has 0 unspecified atom stereocenters. The topological polar surface area (TPSA) is 38.9 Å². The number of hydrogen-bond acceptors (Lipinski definition) is 3. The Morgan fingerprint density at radius 3 is 2.69 bits per heavy atom. The number of anilines is 1. The molecule has 0 spiro atoms. The molecule has 0 atom stereocenters. The minimum atomic E-state index is 0.718. The van der Waals surface area contributed by atoms with Crippen molar-refractivity contribution in [2.75, 3.05) is 5.73 Å². The van der Waals surface area contributed by atoms with Gasteiger partial charge in [0, 0.05) is 16.4 Å². The van der Waals surface area contributed by atoms with Gasteiger partial charge in [-0.3, -0.25) is 0 Å². The molecule has 1 aromatic heterocycles. The Kier molecular flexibility index (Phi) is 3.85. The summed E-state index contributed by atoms with van der Waals surface area (Å²) < 4.78 is 0.911. The highest BCUT2D eigenvalue weighted by molar-refractivity contribution is 9.10. The number of nitrogens with two attached hydrogens (primary N) is 1. The van der Waals surface area contributed by atoms with Crippen LogP contribution in [-0.2, 0) is 5.75 Å². The van der Waals surface area contributed by atoms with Crippen LogP contribution in [0.1, 0.15) is 5.56 Å². The SMILES string of the molecule is Nc1cc(Br)cnc1SCc1ccccc1. The highest BCUT2D eigenvalue weighted by Gasteiger charge is 2.02. The zero-order valence-corrected chi connectivity index (χ0v) is 11.0. The lowest BCUT2D eigenvalue weighted by molar-refractivity contribution is 1.13. The summed E-state index contributed by atoms with van der Waals surface area (Å²) >= 11 is 4.99. The molecule has 0 saturated heterocycles. The van der Waals surface area contributed by atoms with Crippen molar-refractivity contribution in [3.05, 3.63) is 52.6 Å². The van der Waals surface area contributed by atoms with Gasteiger partial charge in [-0.15, -0.1) is 0 Å². The molecule has 1 heterocycles. The van der Waals surface area contributed by atoms with Crippen LogP contribution in [0, 0.1) is 0 Å². The largest absolute Gasteiger partial charge is 0.397 e. The van der Waals surface area contributed by atoms with E-state index in [1.165, 1.54) is 5.56 Å². The van der Waals surface area contributed by atoms with Crippen molar-refractivity contribution in [1.82, 2.24) is 4.98 Å². The van der Waals surface area contributed by atoms with Crippen LogP contribution in [0.4, 0.5) is 5.69 Å². The molecule has 4 heteroatoms. The zero-order chi connectivity index (χ0) is 11.4. The van der Waals surface area contributed by atoms with E-state index in [1.807, 2.05) is 24.3 Å². The van der Waals surface area contributed by atoms with Gasteiger partial charge in [-0.1, -0.05) is 42.1 Å². The fourth-order valence-electron chi connectivity index (χ4n) is 1.29. The lowest BCUT2D eigenvalue weighted by Crippen LogP contribution is -1.92. The molecule has 2 nitrogen and oxygen atoms in total. The molecule has 0 amide bonds. The highest BCUT2D eigenvalue weighted by atomic mass is 79.9. The zero-order valence-electron chi connectivity index (χ0n) is 8.56. The number of halogens is 1. The van der Waals surface area contributed by atoms with E-state index < -0.39 is 0 Å². The van der Waals surface area contributed by atoms with E-state index in [0.29, 0.717) is 0 Å². The number of aromatic nitrogens is 1. The van der Waals surface area contributed by atoms with Gasteiger partial charge in [-0.25, -0.2) is 4.98 Å². The lowest BCUT2D eigenvalue weighted by Gasteiger charge is -2.04. The Labute approximate surface area is 107 Å². The van der Waals surface area contributed by atoms with Crippen molar-refractivity contribution in [1.29, 1.82) is 0 Å². The number of hydrogen-bond donors (Lipinski definition) is 1. The summed E-state index contributed by atoms with van der Waals surface area (Å²) in [4.78, 5) is 4.28. The summed E-state index contributed by atoms with van der Waals surface area (Å²) in [5.41, 5.74) is 7.86. The quantitative estimate of drug-likeness (QED) is 0.877. The average Bonchev–Trinajstić information content (AvgIpc) is 2.29. The summed E-state index contributed by atoms with van der Waals surface area (Å²) in [5.74, 6) is 0.889. The van der Waals surface area contributed by atoms with E-state index in [-0.39, 0.29) is 0 Å². The average molecular weight is 295 g/mol. The lowest BCUT2D eigenvalue weighted by atomic mass is 10.2. The molecule has 2 N–H and O–H groups in total. The summed E-state index contributed by atoms with van der Waals surface area (Å²) in [5, 5.41) is 0.882. The molecular weight excluding hydrogens is 284 g/mol. The van der Waals surface area contributed by atoms with Gasteiger partial charge < -0.3 is 5.73 Å². The molecule has 0 fully saturated rings. The van der Waals surface area contributed by atoms with Crippen LogP contribution >= 0.6 is 27.7 Å². The van der Waals surface area contributed by atoms with Crippen LogP contribution in [0.5, 0.6) is 0 Å². The summed E-state index contributed by atoms with van der Waals surface area (Å²) in [6.45, 7) is 0. The third kappa shape index (κ3) is 3.00. The van der Waals surface area contributed by atoms with Gasteiger partial charge in [0.1, 0.15) is 5.03 Å². The molecule has 0 saturated carbocycles. The number of pyridine rings is 1. The molecule has 0 aliphatic heterocycles. The van der Waals surface area contributed by atoms with Gasteiger partial charge in [-0.05, 0) is 27.6 Å². The minimum Gasteiger partial charge on any atom is -0.397 e. The summed E-state index contributed by atoms with van der Waals surface area (Å²) in [6.07, 6.45) is 1.77. The van der Waals surface area contributed by atoms with Gasteiger partial charge in [0.25, 0.3) is 0 Å². The smallest absolute Gasteiger partial charge is 0.119 e. The summed E-state index contributed by atoms with van der Waals surface area (Å²) in [6, 6.07) is 12.2. The van der Waals surface area contributed by atoms with Gasteiger partial charge in [0.15, 0.2) is 0 Å². The fourth-order valence-corrected chi connectivity index (χ4v) is 2.49. The fraction of sp³-hybridized carbons (Fsp3) is 0.0833. The van der Waals surface area contributed by atoms with Crippen molar-refractivity contribution in [2.24, 2.45) is 0 Å². The molecule has 0 radical (unpaired) electrons. The maximum atomic E-state index is 5.87. The minimum absolute atomic E-state index is 0.718. The Hall–Kier alpha value is -1.00. The monoisotopic (exact) mass is 294 g/mol. The molecule has 16 heavy (non-hydrogen) atoms. The number of nitrogen functional groups attached to an aromatic ring is 1.